The van der Waals surface area contributed by atoms with Crippen LogP contribution in [0.3, 0.4) is 0 Å². The quantitative estimate of drug-likeness (QED) is 0.832. The molecule has 1 saturated carbocycles. The summed E-state index contributed by atoms with van der Waals surface area (Å²) in [7, 11) is 0. The summed E-state index contributed by atoms with van der Waals surface area (Å²) in [5.74, 6) is 0.0736. The first kappa shape index (κ1) is 20.0. The van der Waals surface area contributed by atoms with Gasteiger partial charge in [0.15, 0.2) is 0 Å². The maximum absolute atomic E-state index is 13.4. The molecule has 5 heteroatoms. The van der Waals surface area contributed by atoms with E-state index in [1.165, 1.54) is 23.8 Å². The molecular weight excluding hydrogens is 374 g/mol. The van der Waals surface area contributed by atoms with E-state index in [4.69, 9.17) is 4.98 Å². The Morgan fingerprint density at radius 1 is 1.20 bits per heavy atom. The van der Waals surface area contributed by atoms with E-state index in [2.05, 4.69) is 30.9 Å². The number of carbonyl (C=O) groups is 1. The lowest BCUT2D eigenvalue weighted by Crippen LogP contribution is -2.45. The molecule has 160 valence electrons. The Bertz CT molecular complexity index is 960. The number of amides is 1. The predicted octanol–water partition coefficient (Wildman–Crippen LogP) is 4.12. The molecule has 1 aromatic heterocycles. The molecule has 3 aliphatic rings. The van der Waals surface area contributed by atoms with Crippen molar-refractivity contribution >= 4 is 16.8 Å². The fourth-order valence-electron chi connectivity index (χ4n) is 5.53. The van der Waals surface area contributed by atoms with Crippen LogP contribution in [-0.2, 0) is 13.1 Å². The van der Waals surface area contributed by atoms with Gasteiger partial charge >= 0.3 is 0 Å². The molecule has 3 heterocycles. The zero-order valence-electron chi connectivity index (χ0n) is 18.2. The van der Waals surface area contributed by atoms with Gasteiger partial charge in [0.25, 0.3) is 5.91 Å². The monoisotopic (exact) mass is 407 g/mol. The van der Waals surface area contributed by atoms with Gasteiger partial charge in [-0.05, 0) is 61.9 Å². The van der Waals surface area contributed by atoms with Crippen LogP contribution in [0.5, 0.6) is 0 Å². The molecule has 30 heavy (non-hydrogen) atoms. The van der Waals surface area contributed by atoms with Crippen molar-refractivity contribution in [1.82, 2.24) is 14.8 Å². The third-order valence-corrected chi connectivity index (χ3v) is 7.60. The van der Waals surface area contributed by atoms with Crippen LogP contribution in [0.4, 0.5) is 0 Å². The fraction of sp³-hybridized carbons (Fsp3) is 0.600. The number of aromatic nitrogens is 1. The highest BCUT2D eigenvalue weighted by atomic mass is 16.3. The Morgan fingerprint density at radius 2 is 1.97 bits per heavy atom. The number of hydrogen-bond acceptors (Lipinski definition) is 4. The Hall–Kier alpha value is -1.98. The van der Waals surface area contributed by atoms with Crippen molar-refractivity contribution in [2.75, 3.05) is 13.1 Å². The van der Waals surface area contributed by atoms with Gasteiger partial charge in [-0.1, -0.05) is 32.8 Å². The Labute approximate surface area is 179 Å². The number of pyridine rings is 1. The number of piperidine rings is 1. The number of aliphatic hydroxyl groups is 1. The van der Waals surface area contributed by atoms with Gasteiger partial charge in [0, 0.05) is 35.8 Å². The SMILES string of the molecule is CC1(C)CCN(Cc2cc3c(c4ncccc24)CN(C2CCCCC2O)C3=O)CC1. The Morgan fingerprint density at radius 3 is 2.73 bits per heavy atom. The fourth-order valence-corrected chi connectivity index (χ4v) is 5.53. The number of aliphatic hydroxyl groups excluding tert-OH is 1. The van der Waals surface area contributed by atoms with Crippen molar-refractivity contribution in [3.8, 4) is 0 Å². The normalized spacial score (nSPS) is 26.9. The molecule has 0 bridgehead atoms. The van der Waals surface area contributed by atoms with E-state index in [9.17, 15) is 9.90 Å². The molecule has 0 spiro atoms. The molecular formula is C25H33N3O2. The van der Waals surface area contributed by atoms with E-state index >= 15 is 0 Å². The van der Waals surface area contributed by atoms with Crippen LogP contribution in [-0.4, -0.2) is 51.0 Å². The second-order valence-corrected chi connectivity index (χ2v) is 10.3. The van der Waals surface area contributed by atoms with E-state index in [0.29, 0.717) is 12.0 Å². The van der Waals surface area contributed by atoms with Crippen molar-refractivity contribution in [3.63, 3.8) is 0 Å². The molecule has 1 aromatic carbocycles. The molecule has 1 amide bonds. The van der Waals surface area contributed by atoms with E-state index in [-0.39, 0.29) is 11.9 Å². The lowest BCUT2D eigenvalue weighted by atomic mass is 9.82. The van der Waals surface area contributed by atoms with Crippen molar-refractivity contribution in [2.24, 2.45) is 5.41 Å². The van der Waals surface area contributed by atoms with Gasteiger partial charge < -0.3 is 10.0 Å². The summed E-state index contributed by atoms with van der Waals surface area (Å²) in [6, 6.07) is 6.20. The summed E-state index contributed by atoms with van der Waals surface area (Å²) in [6.07, 6.45) is 7.65. The summed E-state index contributed by atoms with van der Waals surface area (Å²) < 4.78 is 0. The largest absolute Gasteiger partial charge is 0.391 e. The van der Waals surface area contributed by atoms with Gasteiger partial charge in [-0.25, -0.2) is 0 Å². The number of likely N-dealkylation sites (tertiary alicyclic amines) is 1. The Balaban J connectivity index is 1.47. The molecule has 1 N–H and O–H groups in total. The first-order valence-corrected chi connectivity index (χ1v) is 11.5. The molecule has 2 fully saturated rings. The number of carbonyl (C=O) groups excluding carboxylic acids is 1. The second kappa shape index (κ2) is 7.61. The highest BCUT2D eigenvalue weighted by molar-refractivity contribution is 6.04. The van der Waals surface area contributed by atoms with Crippen LogP contribution >= 0.6 is 0 Å². The van der Waals surface area contributed by atoms with Gasteiger partial charge in [-0.3, -0.25) is 14.7 Å². The number of fused-ring (bicyclic) bond motifs is 3. The van der Waals surface area contributed by atoms with Gasteiger partial charge in [0.1, 0.15) is 0 Å². The topological polar surface area (TPSA) is 56.7 Å². The van der Waals surface area contributed by atoms with Gasteiger partial charge in [-0.15, -0.1) is 0 Å². The number of rotatable bonds is 3. The minimum absolute atomic E-state index is 0.0646. The average Bonchev–Trinajstić information content (AvgIpc) is 3.07. The van der Waals surface area contributed by atoms with Crippen LogP contribution in [0.1, 0.15) is 73.9 Å². The van der Waals surface area contributed by atoms with E-state index in [0.717, 1.165) is 62.0 Å². The minimum Gasteiger partial charge on any atom is -0.391 e. The minimum atomic E-state index is -0.410. The van der Waals surface area contributed by atoms with Crippen LogP contribution in [0.2, 0.25) is 0 Å². The van der Waals surface area contributed by atoms with Crippen molar-refractivity contribution < 1.29 is 9.90 Å². The first-order chi connectivity index (χ1) is 14.4. The first-order valence-electron chi connectivity index (χ1n) is 11.5. The molecule has 1 saturated heterocycles. The smallest absolute Gasteiger partial charge is 0.254 e. The molecule has 2 unspecified atom stereocenters. The molecule has 0 radical (unpaired) electrons. The Kier molecular flexibility index (Phi) is 5.06. The molecule has 5 nitrogen and oxygen atoms in total. The summed E-state index contributed by atoms with van der Waals surface area (Å²) >= 11 is 0. The van der Waals surface area contributed by atoms with Crippen LogP contribution < -0.4 is 0 Å². The van der Waals surface area contributed by atoms with E-state index < -0.39 is 6.10 Å². The van der Waals surface area contributed by atoms with E-state index in [1.807, 2.05) is 17.2 Å². The van der Waals surface area contributed by atoms with Crippen molar-refractivity contribution in [1.29, 1.82) is 0 Å². The summed E-state index contributed by atoms with van der Waals surface area (Å²) in [4.78, 5) is 22.5. The van der Waals surface area contributed by atoms with Crippen LogP contribution in [0, 0.1) is 5.41 Å². The molecule has 2 aromatic rings. The van der Waals surface area contributed by atoms with Gasteiger partial charge in [0.05, 0.1) is 17.7 Å². The number of nitrogens with zero attached hydrogens (tertiary/aromatic N) is 3. The zero-order valence-corrected chi connectivity index (χ0v) is 18.2. The maximum atomic E-state index is 13.4. The van der Waals surface area contributed by atoms with Gasteiger partial charge in [-0.2, -0.15) is 0 Å². The van der Waals surface area contributed by atoms with Crippen molar-refractivity contribution in [2.45, 2.75) is 77.6 Å². The van der Waals surface area contributed by atoms with Crippen LogP contribution in [0.15, 0.2) is 24.4 Å². The summed E-state index contributed by atoms with van der Waals surface area (Å²) in [5.41, 5.74) is 4.43. The third kappa shape index (κ3) is 3.52. The standard InChI is InChI=1S/C25H33N3O2/c1-25(2)9-12-27(13-10-25)15-17-14-19-20(23-18(17)6-5-11-26-23)16-28(24(19)30)21-7-3-4-8-22(21)29/h5-6,11,14,21-22,29H,3-4,7-10,12-13,15-16H2,1-2H3. The van der Waals surface area contributed by atoms with Gasteiger partial charge in [0.2, 0.25) is 0 Å². The molecule has 5 rings (SSSR count). The molecule has 2 atom stereocenters. The molecule has 1 aliphatic carbocycles. The third-order valence-electron chi connectivity index (χ3n) is 7.60. The summed E-state index contributed by atoms with van der Waals surface area (Å²) in [6.45, 7) is 8.34. The lowest BCUT2D eigenvalue weighted by molar-refractivity contribution is 0.0192. The number of benzene rings is 1. The average molecular weight is 408 g/mol. The zero-order chi connectivity index (χ0) is 20.9. The maximum Gasteiger partial charge on any atom is 0.254 e. The highest BCUT2D eigenvalue weighted by Crippen LogP contribution is 2.37. The molecule has 2 aliphatic heterocycles. The van der Waals surface area contributed by atoms with E-state index in [1.54, 1.807) is 0 Å². The lowest BCUT2D eigenvalue weighted by Gasteiger charge is -2.37. The second-order valence-electron chi connectivity index (χ2n) is 10.3. The predicted molar refractivity (Wildman–Crippen MR) is 118 cm³/mol. The van der Waals surface area contributed by atoms with Crippen molar-refractivity contribution in [3.05, 3.63) is 41.1 Å². The highest BCUT2D eigenvalue weighted by Gasteiger charge is 2.38. The van der Waals surface area contributed by atoms with Crippen LogP contribution in [0.25, 0.3) is 10.9 Å². The number of hydrogen-bond donors (Lipinski definition) is 1. The summed E-state index contributed by atoms with van der Waals surface area (Å²) in [5, 5.41) is 11.7.